The number of ether oxygens (including phenoxy) is 1. The first-order chi connectivity index (χ1) is 14.3. The van der Waals surface area contributed by atoms with Gasteiger partial charge in [-0.3, -0.25) is 9.78 Å². The van der Waals surface area contributed by atoms with E-state index in [-0.39, 0.29) is 23.9 Å². The summed E-state index contributed by atoms with van der Waals surface area (Å²) < 4.78 is 44.5. The molecule has 30 heavy (non-hydrogen) atoms. The number of hydrogen-bond acceptors (Lipinski definition) is 5. The highest BCUT2D eigenvalue weighted by Gasteiger charge is 2.23. The third-order valence-corrected chi connectivity index (χ3v) is 5.93. The van der Waals surface area contributed by atoms with Crippen LogP contribution in [-0.2, 0) is 21.4 Å². The molecule has 0 saturated heterocycles. The maximum atomic E-state index is 13.0. The molecule has 0 aliphatic carbocycles. The molecule has 0 unspecified atom stereocenters. The Labute approximate surface area is 174 Å². The highest BCUT2D eigenvalue weighted by Crippen LogP contribution is 2.19. The number of pyridine rings is 1. The van der Waals surface area contributed by atoms with Gasteiger partial charge in [0.05, 0.1) is 6.54 Å². The van der Waals surface area contributed by atoms with Crippen LogP contribution in [0.5, 0.6) is 5.75 Å². The van der Waals surface area contributed by atoms with Gasteiger partial charge in [-0.15, -0.1) is 0 Å². The van der Waals surface area contributed by atoms with Crippen molar-refractivity contribution in [3.63, 3.8) is 0 Å². The molecule has 0 bridgehead atoms. The molecular weight excluding hydrogens is 409 g/mol. The van der Waals surface area contributed by atoms with Crippen molar-refractivity contribution in [1.82, 2.24) is 9.29 Å². The minimum absolute atomic E-state index is 0.0106. The number of likely N-dealkylation sites (N-methyl/N-ethyl adjacent to an activating group) is 1. The molecule has 3 rings (SSSR count). The average molecular weight is 429 g/mol. The standard InChI is InChI=1S/C21H20FN3O4S/c1-25(30(27,28)20-6-3-11-23-13-20)14-21(26)24-18-4-2-5-19(12-18)29-15-16-7-9-17(22)10-8-16/h2-13H,14-15H2,1H3,(H,24,26). The predicted molar refractivity (Wildman–Crippen MR) is 110 cm³/mol. The SMILES string of the molecule is CN(CC(=O)Nc1cccc(OCc2ccc(F)cc2)c1)S(=O)(=O)c1cccnc1. The van der Waals surface area contributed by atoms with Crippen molar-refractivity contribution >= 4 is 21.6 Å². The van der Waals surface area contributed by atoms with E-state index in [2.05, 4.69) is 10.3 Å². The fourth-order valence-electron chi connectivity index (χ4n) is 2.58. The van der Waals surface area contributed by atoms with Crippen LogP contribution in [-0.4, -0.2) is 37.2 Å². The molecule has 0 aliphatic heterocycles. The molecule has 0 spiro atoms. The molecule has 0 saturated carbocycles. The Hall–Kier alpha value is -3.30. The number of hydrogen-bond donors (Lipinski definition) is 1. The zero-order chi connectivity index (χ0) is 21.6. The quantitative estimate of drug-likeness (QED) is 0.595. The molecule has 7 nitrogen and oxygen atoms in total. The Balaban J connectivity index is 1.58. The van der Waals surface area contributed by atoms with E-state index in [4.69, 9.17) is 4.74 Å². The topological polar surface area (TPSA) is 88.6 Å². The van der Waals surface area contributed by atoms with Crippen molar-refractivity contribution in [2.75, 3.05) is 18.9 Å². The van der Waals surface area contributed by atoms with Gasteiger partial charge in [-0.2, -0.15) is 4.31 Å². The first kappa shape index (κ1) is 21.4. The van der Waals surface area contributed by atoms with Gasteiger partial charge >= 0.3 is 0 Å². The van der Waals surface area contributed by atoms with Gasteiger partial charge in [-0.1, -0.05) is 18.2 Å². The molecule has 2 aromatic carbocycles. The van der Waals surface area contributed by atoms with Gasteiger partial charge in [-0.05, 0) is 42.0 Å². The average Bonchev–Trinajstić information content (AvgIpc) is 2.74. The Kier molecular flexibility index (Phi) is 6.76. The maximum Gasteiger partial charge on any atom is 0.244 e. The van der Waals surface area contributed by atoms with E-state index in [0.29, 0.717) is 11.4 Å². The summed E-state index contributed by atoms with van der Waals surface area (Å²) in [6, 6.07) is 15.6. The van der Waals surface area contributed by atoms with Crippen LogP contribution in [0.15, 0.2) is 78.0 Å². The summed E-state index contributed by atoms with van der Waals surface area (Å²) in [5.74, 6) is -0.312. The highest BCUT2D eigenvalue weighted by molar-refractivity contribution is 7.89. The van der Waals surface area contributed by atoms with Gasteiger partial charge in [0.2, 0.25) is 15.9 Å². The summed E-state index contributed by atoms with van der Waals surface area (Å²) in [5, 5.41) is 2.65. The molecule has 0 radical (unpaired) electrons. The van der Waals surface area contributed by atoms with Gasteiger partial charge in [0.1, 0.15) is 23.1 Å². The fourth-order valence-corrected chi connectivity index (χ4v) is 3.67. The number of nitrogens with one attached hydrogen (secondary N) is 1. The number of nitrogens with zero attached hydrogens (tertiary/aromatic N) is 2. The van der Waals surface area contributed by atoms with Crippen molar-refractivity contribution in [3.8, 4) is 5.75 Å². The number of sulfonamides is 1. The Morgan fingerprint density at radius 3 is 2.60 bits per heavy atom. The molecule has 0 aliphatic rings. The number of halogens is 1. The van der Waals surface area contributed by atoms with Crippen LogP contribution in [0.25, 0.3) is 0 Å². The zero-order valence-corrected chi connectivity index (χ0v) is 17.0. The maximum absolute atomic E-state index is 13.0. The predicted octanol–water partition coefficient (Wildman–Crippen LogP) is 3.06. The van der Waals surface area contributed by atoms with Gasteiger partial charge in [0.25, 0.3) is 0 Å². The van der Waals surface area contributed by atoms with Crippen LogP contribution < -0.4 is 10.1 Å². The first-order valence-corrected chi connectivity index (χ1v) is 10.4. The first-order valence-electron chi connectivity index (χ1n) is 8.98. The van der Waals surface area contributed by atoms with E-state index in [1.54, 1.807) is 36.4 Å². The molecular formula is C21H20FN3O4S. The summed E-state index contributed by atoms with van der Waals surface area (Å²) in [5.41, 5.74) is 1.26. The monoisotopic (exact) mass is 429 g/mol. The van der Waals surface area contributed by atoms with Crippen molar-refractivity contribution < 1.29 is 22.3 Å². The second kappa shape index (κ2) is 9.47. The molecule has 1 N–H and O–H groups in total. The van der Waals surface area contributed by atoms with Crippen LogP contribution >= 0.6 is 0 Å². The Morgan fingerprint density at radius 2 is 1.90 bits per heavy atom. The Morgan fingerprint density at radius 1 is 1.13 bits per heavy atom. The zero-order valence-electron chi connectivity index (χ0n) is 16.2. The van der Waals surface area contributed by atoms with Crippen molar-refractivity contribution in [3.05, 3.63) is 84.4 Å². The van der Waals surface area contributed by atoms with Gasteiger partial charge in [0, 0.05) is 31.2 Å². The van der Waals surface area contributed by atoms with E-state index in [1.807, 2.05) is 0 Å². The summed E-state index contributed by atoms with van der Waals surface area (Å²) in [7, 11) is -2.49. The molecule has 1 amide bonds. The van der Waals surface area contributed by atoms with Crippen molar-refractivity contribution in [2.24, 2.45) is 0 Å². The van der Waals surface area contributed by atoms with E-state index in [0.717, 1.165) is 9.87 Å². The molecule has 0 atom stereocenters. The molecule has 156 valence electrons. The minimum Gasteiger partial charge on any atom is -0.489 e. The van der Waals surface area contributed by atoms with Gasteiger partial charge in [-0.25, -0.2) is 12.8 Å². The Bertz CT molecular complexity index is 1110. The lowest BCUT2D eigenvalue weighted by atomic mass is 10.2. The van der Waals surface area contributed by atoms with E-state index in [9.17, 15) is 17.6 Å². The number of carbonyl (C=O) groups excluding carboxylic acids is 1. The minimum atomic E-state index is -3.82. The summed E-state index contributed by atoms with van der Waals surface area (Å²) in [6.07, 6.45) is 2.70. The van der Waals surface area contributed by atoms with E-state index in [1.165, 1.54) is 43.7 Å². The summed E-state index contributed by atoms with van der Waals surface area (Å²) >= 11 is 0. The second-order valence-electron chi connectivity index (χ2n) is 6.44. The van der Waals surface area contributed by atoms with E-state index < -0.39 is 15.9 Å². The van der Waals surface area contributed by atoms with Gasteiger partial charge in [0.15, 0.2) is 0 Å². The second-order valence-corrected chi connectivity index (χ2v) is 8.49. The summed E-state index contributed by atoms with van der Waals surface area (Å²) in [4.78, 5) is 16.1. The molecule has 0 fully saturated rings. The lowest BCUT2D eigenvalue weighted by Crippen LogP contribution is -2.35. The fraction of sp³-hybridized carbons (Fsp3) is 0.143. The third kappa shape index (κ3) is 5.62. The summed E-state index contributed by atoms with van der Waals surface area (Å²) in [6.45, 7) is -0.123. The lowest BCUT2D eigenvalue weighted by molar-refractivity contribution is -0.116. The number of rotatable bonds is 8. The highest BCUT2D eigenvalue weighted by atomic mass is 32.2. The largest absolute Gasteiger partial charge is 0.489 e. The third-order valence-electron chi connectivity index (χ3n) is 4.15. The van der Waals surface area contributed by atoms with E-state index >= 15 is 0 Å². The number of benzene rings is 2. The molecule has 1 aromatic heterocycles. The number of aromatic nitrogens is 1. The lowest BCUT2D eigenvalue weighted by Gasteiger charge is -2.17. The van der Waals surface area contributed by atoms with Crippen LogP contribution in [0.3, 0.4) is 0 Å². The molecule has 9 heteroatoms. The van der Waals surface area contributed by atoms with Crippen LogP contribution in [0.1, 0.15) is 5.56 Å². The number of amides is 1. The van der Waals surface area contributed by atoms with Crippen LogP contribution in [0.4, 0.5) is 10.1 Å². The molecule has 3 aromatic rings. The normalized spacial score (nSPS) is 11.3. The van der Waals surface area contributed by atoms with Crippen LogP contribution in [0, 0.1) is 5.82 Å². The van der Waals surface area contributed by atoms with Crippen LogP contribution in [0.2, 0.25) is 0 Å². The van der Waals surface area contributed by atoms with Crippen molar-refractivity contribution in [2.45, 2.75) is 11.5 Å². The number of anilines is 1. The smallest absolute Gasteiger partial charge is 0.244 e. The van der Waals surface area contributed by atoms with Gasteiger partial charge < -0.3 is 10.1 Å². The number of carbonyl (C=O) groups is 1. The van der Waals surface area contributed by atoms with Crippen molar-refractivity contribution in [1.29, 1.82) is 0 Å². The molecule has 1 heterocycles.